The molecule has 0 radical (unpaired) electrons. The fraction of sp³-hybridized carbons (Fsp3) is 0.282. The summed E-state index contributed by atoms with van der Waals surface area (Å²) < 4.78 is 33.1. The van der Waals surface area contributed by atoms with E-state index in [0.29, 0.717) is 34.5 Å². The van der Waals surface area contributed by atoms with Crippen molar-refractivity contribution in [2.45, 2.75) is 32.1 Å². The summed E-state index contributed by atoms with van der Waals surface area (Å²) in [6.45, 7) is 4.63. The number of hydrogen-bond donors (Lipinski definition) is 0. The zero-order valence-electron chi connectivity index (χ0n) is 27.4. The fourth-order valence-corrected chi connectivity index (χ4v) is 6.41. The molecule has 4 aromatic rings. The van der Waals surface area contributed by atoms with Gasteiger partial charge in [-0.2, -0.15) is 0 Å². The van der Waals surface area contributed by atoms with Crippen molar-refractivity contribution in [1.82, 2.24) is 0 Å². The molecule has 6 nitrogen and oxygen atoms in total. The molecular formula is C39H42O6. The van der Waals surface area contributed by atoms with Crippen LogP contribution in [0.4, 0.5) is 0 Å². The van der Waals surface area contributed by atoms with Gasteiger partial charge < -0.3 is 28.4 Å². The molecule has 0 N–H and O–H groups in total. The van der Waals surface area contributed by atoms with Gasteiger partial charge in [0, 0.05) is 5.41 Å². The molecule has 6 heteroatoms. The van der Waals surface area contributed by atoms with E-state index in [1.165, 1.54) is 22.3 Å². The van der Waals surface area contributed by atoms with Crippen molar-refractivity contribution in [2.75, 3.05) is 42.7 Å². The van der Waals surface area contributed by atoms with Crippen LogP contribution in [-0.2, 0) is 5.41 Å². The van der Waals surface area contributed by atoms with Crippen LogP contribution in [-0.4, -0.2) is 42.7 Å². The molecule has 1 aliphatic carbocycles. The van der Waals surface area contributed by atoms with Crippen molar-refractivity contribution in [2.24, 2.45) is 0 Å². The normalized spacial score (nSPS) is 13.1. The summed E-state index contributed by atoms with van der Waals surface area (Å²) in [6, 6.07) is 21.4. The van der Waals surface area contributed by atoms with Gasteiger partial charge in [0.2, 0.25) is 11.5 Å². The molecule has 5 rings (SSSR count). The van der Waals surface area contributed by atoms with E-state index in [1.807, 2.05) is 24.3 Å². The van der Waals surface area contributed by atoms with Gasteiger partial charge in [-0.15, -0.1) is 0 Å². The lowest BCUT2D eigenvalue weighted by Crippen LogP contribution is -2.20. The minimum atomic E-state index is -0.105. The van der Waals surface area contributed by atoms with E-state index in [2.05, 4.69) is 74.5 Å². The molecule has 0 amide bonds. The SMILES string of the molecule is CCCC1(C)c2cc(/C=C/c3cc(OC)c(OC)c(OC)c3)ccc2-c2ccc(/C=C/c3cc(OC)c(OC)c(OC)c3)cc21. The zero-order valence-corrected chi connectivity index (χ0v) is 27.4. The molecule has 0 bridgehead atoms. The molecule has 45 heavy (non-hydrogen) atoms. The summed E-state index contributed by atoms with van der Waals surface area (Å²) in [7, 11) is 9.75. The third-order valence-electron chi connectivity index (χ3n) is 8.63. The van der Waals surface area contributed by atoms with Gasteiger partial charge in [0.05, 0.1) is 42.7 Å². The Bertz CT molecular complexity index is 1580. The van der Waals surface area contributed by atoms with E-state index in [-0.39, 0.29) is 5.41 Å². The Morgan fingerprint density at radius 1 is 0.489 bits per heavy atom. The zero-order chi connectivity index (χ0) is 32.1. The number of hydrogen-bond acceptors (Lipinski definition) is 6. The van der Waals surface area contributed by atoms with Gasteiger partial charge in [0.15, 0.2) is 23.0 Å². The van der Waals surface area contributed by atoms with E-state index in [9.17, 15) is 0 Å². The Balaban J connectivity index is 1.48. The predicted octanol–water partition coefficient (Wildman–Crippen LogP) is 9.17. The highest BCUT2D eigenvalue weighted by Crippen LogP contribution is 2.52. The van der Waals surface area contributed by atoms with Crippen molar-refractivity contribution < 1.29 is 28.4 Å². The fourth-order valence-electron chi connectivity index (χ4n) is 6.41. The van der Waals surface area contributed by atoms with Crippen LogP contribution in [0.1, 0.15) is 60.1 Å². The van der Waals surface area contributed by atoms with Gasteiger partial charge in [-0.05, 0) is 75.2 Å². The van der Waals surface area contributed by atoms with Gasteiger partial charge in [0.1, 0.15) is 0 Å². The van der Waals surface area contributed by atoms with Crippen molar-refractivity contribution in [3.63, 3.8) is 0 Å². The van der Waals surface area contributed by atoms with Crippen molar-refractivity contribution in [3.05, 3.63) is 94.0 Å². The second-order valence-corrected chi connectivity index (χ2v) is 11.3. The first kappa shape index (κ1) is 31.6. The number of fused-ring (bicyclic) bond motifs is 3. The molecule has 0 saturated carbocycles. The van der Waals surface area contributed by atoms with E-state index in [0.717, 1.165) is 35.1 Å². The summed E-state index contributed by atoms with van der Waals surface area (Å²) in [5.74, 6) is 3.69. The van der Waals surface area contributed by atoms with Crippen molar-refractivity contribution >= 4 is 24.3 Å². The van der Waals surface area contributed by atoms with Crippen molar-refractivity contribution in [3.8, 4) is 45.6 Å². The quantitative estimate of drug-likeness (QED) is 0.150. The molecule has 0 aliphatic heterocycles. The number of benzene rings is 4. The monoisotopic (exact) mass is 606 g/mol. The van der Waals surface area contributed by atoms with Crippen LogP contribution in [0, 0.1) is 0 Å². The first-order valence-corrected chi connectivity index (χ1v) is 15.1. The van der Waals surface area contributed by atoms with Crippen LogP contribution in [0.5, 0.6) is 34.5 Å². The maximum Gasteiger partial charge on any atom is 0.203 e. The molecule has 0 aromatic heterocycles. The second-order valence-electron chi connectivity index (χ2n) is 11.3. The lowest BCUT2D eigenvalue weighted by atomic mass is 9.76. The first-order valence-electron chi connectivity index (χ1n) is 15.1. The molecule has 4 aromatic carbocycles. The summed E-state index contributed by atoms with van der Waals surface area (Å²) >= 11 is 0. The van der Waals surface area contributed by atoms with Gasteiger partial charge in [-0.1, -0.05) is 81.0 Å². The van der Waals surface area contributed by atoms with Crippen LogP contribution < -0.4 is 28.4 Å². The van der Waals surface area contributed by atoms with Crippen LogP contribution in [0.25, 0.3) is 35.4 Å². The average molecular weight is 607 g/mol. The Labute approximate surface area is 266 Å². The van der Waals surface area contributed by atoms with E-state index in [1.54, 1.807) is 42.7 Å². The molecule has 1 aliphatic rings. The summed E-state index contributed by atoms with van der Waals surface area (Å²) in [4.78, 5) is 0. The Morgan fingerprint density at radius 2 is 0.844 bits per heavy atom. The highest BCUT2D eigenvalue weighted by atomic mass is 16.5. The van der Waals surface area contributed by atoms with Crippen LogP contribution in [0.15, 0.2) is 60.7 Å². The van der Waals surface area contributed by atoms with Gasteiger partial charge >= 0.3 is 0 Å². The molecule has 0 spiro atoms. The average Bonchev–Trinajstić information content (AvgIpc) is 3.31. The summed E-state index contributed by atoms with van der Waals surface area (Å²) in [6.07, 6.45) is 10.6. The molecule has 0 atom stereocenters. The largest absolute Gasteiger partial charge is 0.493 e. The highest BCUT2D eigenvalue weighted by Gasteiger charge is 2.38. The molecule has 0 saturated heterocycles. The van der Waals surface area contributed by atoms with E-state index in [4.69, 9.17) is 28.4 Å². The summed E-state index contributed by atoms with van der Waals surface area (Å²) in [5, 5.41) is 0. The Kier molecular flexibility index (Phi) is 9.43. The topological polar surface area (TPSA) is 55.4 Å². The minimum absolute atomic E-state index is 0.105. The van der Waals surface area contributed by atoms with E-state index < -0.39 is 0 Å². The van der Waals surface area contributed by atoms with Crippen molar-refractivity contribution in [1.29, 1.82) is 0 Å². The lowest BCUT2D eigenvalue weighted by molar-refractivity contribution is 0.324. The lowest BCUT2D eigenvalue weighted by Gasteiger charge is -2.27. The molecular weight excluding hydrogens is 564 g/mol. The smallest absolute Gasteiger partial charge is 0.203 e. The highest BCUT2D eigenvalue weighted by molar-refractivity contribution is 5.85. The standard InChI is InChI=1S/C39H42O6/c1-9-18-39(2)31-19-25(10-12-27-21-33(40-3)37(44-7)34(22-27)41-4)14-16-29(31)30-17-15-26(20-32(30)39)11-13-28-23-35(42-5)38(45-8)36(24-28)43-6/h10-17,19-24H,9,18H2,1-8H3/b12-10+,13-11+. The predicted molar refractivity (Wildman–Crippen MR) is 183 cm³/mol. The molecule has 0 fully saturated rings. The Hall–Kier alpha value is -4.84. The maximum absolute atomic E-state index is 5.54. The van der Waals surface area contributed by atoms with Gasteiger partial charge in [-0.3, -0.25) is 0 Å². The second kappa shape index (κ2) is 13.4. The molecule has 0 unspecified atom stereocenters. The molecule has 0 heterocycles. The first-order chi connectivity index (χ1) is 21.8. The van der Waals surface area contributed by atoms with Gasteiger partial charge in [-0.25, -0.2) is 0 Å². The van der Waals surface area contributed by atoms with Crippen LogP contribution in [0.3, 0.4) is 0 Å². The van der Waals surface area contributed by atoms with E-state index >= 15 is 0 Å². The van der Waals surface area contributed by atoms with Crippen LogP contribution >= 0.6 is 0 Å². The van der Waals surface area contributed by atoms with Crippen LogP contribution in [0.2, 0.25) is 0 Å². The third kappa shape index (κ3) is 5.97. The van der Waals surface area contributed by atoms with Gasteiger partial charge in [0.25, 0.3) is 0 Å². The number of rotatable bonds is 12. The summed E-state index contributed by atoms with van der Waals surface area (Å²) in [5.41, 5.74) is 9.42. The minimum Gasteiger partial charge on any atom is -0.493 e. The maximum atomic E-state index is 5.54. The number of methoxy groups -OCH3 is 6. The Morgan fingerprint density at radius 3 is 1.16 bits per heavy atom. The number of ether oxygens (including phenoxy) is 6. The molecule has 234 valence electrons. The third-order valence-corrected chi connectivity index (χ3v) is 8.63.